The molecule has 3 aromatic rings. The number of hydrogen-bond donors (Lipinski definition) is 1. The van der Waals surface area contributed by atoms with Crippen LogP contribution in [0.15, 0.2) is 53.3 Å². The third kappa shape index (κ3) is 2.18. The summed E-state index contributed by atoms with van der Waals surface area (Å²) in [5.74, 6) is 1.79. The van der Waals surface area contributed by atoms with Crippen LogP contribution in [0.3, 0.4) is 0 Å². The van der Waals surface area contributed by atoms with E-state index in [9.17, 15) is 0 Å². The van der Waals surface area contributed by atoms with Crippen LogP contribution in [0.4, 0.5) is 5.82 Å². The molecule has 0 amide bonds. The van der Waals surface area contributed by atoms with Gasteiger partial charge in [-0.1, -0.05) is 24.3 Å². The molecular formula is C14H13N3O. The van der Waals surface area contributed by atoms with E-state index in [-0.39, 0.29) is 0 Å². The Balaban J connectivity index is 1.74. The monoisotopic (exact) mass is 239 g/mol. The third-order valence-corrected chi connectivity index (χ3v) is 2.81. The van der Waals surface area contributed by atoms with Gasteiger partial charge in [0.1, 0.15) is 5.76 Å². The van der Waals surface area contributed by atoms with E-state index in [0.29, 0.717) is 0 Å². The number of furan rings is 1. The lowest BCUT2D eigenvalue weighted by Gasteiger charge is -2.06. The molecule has 0 aliphatic heterocycles. The highest BCUT2D eigenvalue weighted by molar-refractivity contribution is 5.90. The van der Waals surface area contributed by atoms with Gasteiger partial charge in [0, 0.05) is 23.7 Å². The van der Waals surface area contributed by atoms with Crippen molar-refractivity contribution in [1.29, 1.82) is 0 Å². The van der Waals surface area contributed by atoms with Crippen LogP contribution in [-0.4, -0.2) is 16.7 Å². The molecule has 0 saturated heterocycles. The average molecular weight is 239 g/mol. The minimum Gasteiger partial charge on any atom is -0.469 e. The molecule has 1 N–H and O–H groups in total. The van der Waals surface area contributed by atoms with E-state index in [1.807, 2.05) is 36.4 Å². The lowest BCUT2D eigenvalue weighted by molar-refractivity contribution is 0.513. The molecule has 0 aliphatic carbocycles. The van der Waals surface area contributed by atoms with Gasteiger partial charge >= 0.3 is 0 Å². The molecule has 4 heteroatoms. The van der Waals surface area contributed by atoms with Gasteiger partial charge in [-0.2, -0.15) is 5.10 Å². The quantitative estimate of drug-likeness (QED) is 0.760. The van der Waals surface area contributed by atoms with E-state index < -0.39 is 0 Å². The average Bonchev–Trinajstić information content (AvgIpc) is 2.92. The van der Waals surface area contributed by atoms with Crippen molar-refractivity contribution in [2.24, 2.45) is 0 Å². The Kier molecular flexibility index (Phi) is 2.92. The minimum absolute atomic E-state index is 0.774. The predicted octanol–water partition coefficient (Wildman–Crippen LogP) is 2.88. The minimum atomic E-state index is 0.774. The van der Waals surface area contributed by atoms with E-state index >= 15 is 0 Å². The van der Waals surface area contributed by atoms with E-state index in [0.717, 1.165) is 35.3 Å². The molecule has 0 aliphatic rings. The van der Waals surface area contributed by atoms with Crippen LogP contribution < -0.4 is 5.32 Å². The molecular weight excluding hydrogens is 226 g/mol. The summed E-state index contributed by atoms with van der Waals surface area (Å²) in [4.78, 5) is 0. The van der Waals surface area contributed by atoms with E-state index in [1.54, 1.807) is 12.5 Å². The molecule has 0 fully saturated rings. The largest absolute Gasteiger partial charge is 0.469 e. The van der Waals surface area contributed by atoms with Gasteiger partial charge in [-0.3, -0.25) is 0 Å². The fraction of sp³-hybridized carbons (Fsp3) is 0.143. The van der Waals surface area contributed by atoms with Gasteiger partial charge in [-0.25, -0.2) is 0 Å². The maximum atomic E-state index is 5.28. The first-order valence-electron chi connectivity index (χ1n) is 5.90. The lowest BCUT2D eigenvalue weighted by Crippen LogP contribution is -2.06. The van der Waals surface area contributed by atoms with Crippen molar-refractivity contribution in [3.8, 4) is 0 Å². The topological polar surface area (TPSA) is 51.0 Å². The fourth-order valence-corrected chi connectivity index (χ4v) is 1.92. The summed E-state index contributed by atoms with van der Waals surface area (Å²) in [7, 11) is 0. The Hall–Kier alpha value is -2.36. The highest BCUT2D eigenvalue weighted by atomic mass is 16.3. The molecule has 0 radical (unpaired) electrons. The van der Waals surface area contributed by atoms with Crippen molar-refractivity contribution in [3.63, 3.8) is 0 Å². The highest BCUT2D eigenvalue weighted by Crippen LogP contribution is 2.19. The van der Waals surface area contributed by atoms with Crippen molar-refractivity contribution in [2.45, 2.75) is 6.42 Å². The lowest BCUT2D eigenvalue weighted by atomic mass is 10.2. The maximum absolute atomic E-state index is 5.28. The second-order valence-electron chi connectivity index (χ2n) is 4.04. The van der Waals surface area contributed by atoms with E-state index in [1.165, 1.54) is 0 Å². The van der Waals surface area contributed by atoms with Crippen molar-refractivity contribution in [2.75, 3.05) is 11.9 Å². The van der Waals surface area contributed by atoms with Crippen LogP contribution in [0.2, 0.25) is 0 Å². The van der Waals surface area contributed by atoms with Crippen LogP contribution in [-0.2, 0) is 6.42 Å². The SMILES string of the molecule is c1coc(CCNc2nncc3ccccc23)c1. The van der Waals surface area contributed by atoms with Crippen LogP contribution in [0.1, 0.15) is 5.76 Å². The summed E-state index contributed by atoms with van der Waals surface area (Å²) in [5, 5.41) is 13.6. The molecule has 3 rings (SSSR count). The van der Waals surface area contributed by atoms with Crippen LogP contribution in [0.25, 0.3) is 10.8 Å². The van der Waals surface area contributed by atoms with Gasteiger partial charge < -0.3 is 9.73 Å². The Morgan fingerprint density at radius 1 is 1.11 bits per heavy atom. The fourth-order valence-electron chi connectivity index (χ4n) is 1.92. The van der Waals surface area contributed by atoms with Gasteiger partial charge in [0.15, 0.2) is 5.82 Å². The highest BCUT2D eigenvalue weighted by Gasteiger charge is 2.02. The summed E-state index contributed by atoms with van der Waals surface area (Å²) in [5.41, 5.74) is 0. The Morgan fingerprint density at radius 3 is 2.94 bits per heavy atom. The number of hydrogen-bond acceptors (Lipinski definition) is 4. The molecule has 0 saturated carbocycles. The van der Waals surface area contributed by atoms with Crippen molar-refractivity contribution < 1.29 is 4.42 Å². The first kappa shape index (κ1) is 10.8. The Labute approximate surface area is 105 Å². The Morgan fingerprint density at radius 2 is 2.06 bits per heavy atom. The van der Waals surface area contributed by atoms with Crippen molar-refractivity contribution in [3.05, 3.63) is 54.6 Å². The molecule has 2 aromatic heterocycles. The van der Waals surface area contributed by atoms with Crippen LogP contribution >= 0.6 is 0 Å². The van der Waals surface area contributed by atoms with Gasteiger partial charge in [-0.05, 0) is 12.1 Å². The maximum Gasteiger partial charge on any atom is 0.156 e. The van der Waals surface area contributed by atoms with Gasteiger partial charge in [-0.15, -0.1) is 5.10 Å². The second kappa shape index (κ2) is 4.87. The van der Waals surface area contributed by atoms with Crippen LogP contribution in [0.5, 0.6) is 0 Å². The normalized spacial score (nSPS) is 10.7. The van der Waals surface area contributed by atoms with Crippen molar-refractivity contribution >= 4 is 16.6 Å². The molecule has 0 spiro atoms. The summed E-state index contributed by atoms with van der Waals surface area (Å²) in [6, 6.07) is 11.9. The summed E-state index contributed by atoms with van der Waals surface area (Å²) >= 11 is 0. The molecule has 1 aromatic carbocycles. The van der Waals surface area contributed by atoms with E-state index in [2.05, 4.69) is 15.5 Å². The molecule has 4 nitrogen and oxygen atoms in total. The van der Waals surface area contributed by atoms with E-state index in [4.69, 9.17) is 4.42 Å². The standard InChI is InChI=1S/C14H13N3O/c1-2-6-13-11(4-1)10-16-17-14(13)15-8-7-12-5-3-9-18-12/h1-6,9-10H,7-8H2,(H,15,17). The number of benzene rings is 1. The summed E-state index contributed by atoms with van der Waals surface area (Å²) in [6.45, 7) is 0.774. The third-order valence-electron chi connectivity index (χ3n) is 2.81. The number of nitrogens with zero attached hydrogens (tertiary/aromatic N) is 2. The first-order chi connectivity index (χ1) is 8.93. The van der Waals surface area contributed by atoms with Gasteiger partial charge in [0.05, 0.1) is 12.5 Å². The number of rotatable bonds is 4. The Bertz CT molecular complexity index is 629. The number of nitrogens with one attached hydrogen (secondary N) is 1. The molecule has 0 unspecified atom stereocenters. The number of anilines is 1. The van der Waals surface area contributed by atoms with Crippen molar-refractivity contribution in [1.82, 2.24) is 10.2 Å². The molecule has 2 heterocycles. The molecule has 0 bridgehead atoms. The second-order valence-corrected chi connectivity index (χ2v) is 4.04. The number of fused-ring (bicyclic) bond motifs is 1. The van der Waals surface area contributed by atoms with Crippen LogP contribution in [0, 0.1) is 0 Å². The smallest absolute Gasteiger partial charge is 0.156 e. The molecule has 18 heavy (non-hydrogen) atoms. The molecule has 90 valence electrons. The zero-order valence-electron chi connectivity index (χ0n) is 9.84. The predicted molar refractivity (Wildman–Crippen MR) is 70.4 cm³/mol. The zero-order valence-corrected chi connectivity index (χ0v) is 9.84. The van der Waals surface area contributed by atoms with Gasteiger partial charge in [0.25, 0.3) is 0 Å². The first-order valence-corrected chi connectivity index (χ1v) is 5.90. The zero-order chi connectivity index (χ0) is 12.2. The number of aromatic nitrogens is 2. The molecule has 0 atom stereocenters. The summed E-state index contributed by atoms with van der Waals surface area (Å²) < 4.78 is 5.28. The van der Waals surface area contributed by atoms with Gasteiger partial charge in [0.2, 0.25) is 0 Å². The summed E-state index contributed by atoms with van der Waals surface area (Å²) in [6.07, 6.45) is 4.29.